The van der Waals surface area contributed by atoms with Gasteiger partial charge < -0.3 is 10.4 Å². The van der Waals surface area contributed by atoms with Crippen LogP contribution in [0.2, 0.25) is 0 Å². The summed E-state index contributed by atoms with van der Waals surface area (Å²) >= 11 is 0. The van der Waals surface area contributed by atoms with E-state index in [-0.39, 0.29) is 10.6 Å². The van der Waals surface area contributed by atoms with E-state index in [0.717, 1.165) is 18.2 Å². The van der Waals surface area contributed by atoms with E-state index in [1.807, 2.05) is 0 Å². The van der Waals surface area contributed by atoms with Crippen LogP contribution in [-0.4, -0.2) is 31.4 Å². The summed E-state index contributed by atoms with van der Waals surface area (Å²) in [4.78, 5) is 10.4. The third-order valence-electron chi connectivity index (χ3n) is 2.21. The number of carbonyl (C=O) groups excluding carboxylic acids is 1. The Hall–Kier alpha value is -1.77. The molecule has 19 heavy (non-hydrogen) atoms. The molecule has 0 spiro atoms. The van der Waals surface area contributed by atoms with E-state index in [1.165, 1.54) is 12.2 Å². The van der Waals surface area contributed by atoms with Crippen LogP contribution in [0.1, 0.15) is 6.92 Å². The van der Waals surface area contributed by atoms with E-state index >= 15 is 0 Å². The van der Waals surface area contributed by atoms with Crippen LogP contribution >= 0.6 is 0 Å². The van der Waals surface area contributed by atoms with E-state index in [0.29, 0.717) is 0 Å². The predicted octanol–water partition coefficient (Wildman–Crippen LogP) is 1.69. The Morgan fingerprint density at radius 1 is 1.37 bits per heavy atom. The first-order valence-corrected chi connectivity index (χ1v) is 6.67. The molecule has 1 amide bonds. The molecule has 0 aromatic heterocycles. The van der Waals surface area contributed by atoms with Crippen molar-refractivity contribution in [1.82, 2.24) is 0 Å². The van der Waals surface area contributed by atoms with Crippen molar-refractivity contribution >= 4 is 21.4 Å². The zero-order valence-corrected chi connectivity index (χ0v) is 10.5. The van der Waals surface area contributed by atoms with Crippen LogP contribution in [0.3, 0.4) is 0 Å². The Balaban J connectivity index is 3.16. The van der Waals surface area contributed by atoms with Gasteiger partial charge in [-0.25, -0.2) is 8.42 Å². The number of alkyl halides is 3. The topological polar surface area (TPSA) is 83.5 Å². The molecule has 0 saturated carbocycles. The second-order valence-electron chi connectivity index (χ2n) is 3.53. The largest absolute Gasteiger partial charge is 0.506 e. The van der Waals surface area contributed by atoms with Crippen molar-refractivity contribution < 1.29 is 31.5 Å². The number of aromatic hydroxyl groups is 1. The fourth-order valence-corrected chi connectivity index (χ4v) is 2.07. The van der Waals surface area contributed by atoms with Gasteiger partial charge in [-0.05, 0) is 18.2 Å². The zero-order chi connectivity index (χ0) is 14.8. The van der Waals surface area contributed by atoms with E-state index in [2.05, 4.69) is 0 Å². The highest BCUT2D eigenvalue weighted by atomic mass is 32.2. The van der Waals surface area contributed by atoms with Crippen molar-refractivity contribution in [3.8, 4) is 5.75 Å². The van der Waals surface area contributed by atoms with E-state index < -0.39 is 33.4 Å². The molecule has 0 aliphatic carbocycles. The smallest absolute Gasteiger partial charge is 0.471 e. The molecule has 106 valence electrons. The molecule has 0 aliphatic rings. The lowest BCUT2D eigenvalue weighted by atomic mass is 10.3. The third kappa shape index (κ3) is 3.60. The summed E-state index contributed by atoms with van der Waals surface area (Å²) in [5, 5.41) is 10.7. The minimum atomic E-state index is -5.13. The molecule has 0 radical (unpaired) electrons. The Morgan fingerprint density at radius 3 is 2.42 bits per heavy atom. The molecule has 5 nitrogen and oxygen atoms in total. The summed E-state index contributed by atoms with van der Waals surface area (Å²) < 4.78 is 59.2. The number of sulfone groups is 1. The molecule has 2 N–H and O–H groups in total. The summed E-state index contributed by atoms with van der Waals surface area (Å²) in [6.45, 7) is 1.36. The minimum absolute atomic E-state index is 0.259. The number of benzene rings is 1. The number of rotatable bonds is 3. The lowest BCUT2D eigenvalue weighted by Gasteiger charge is -2.11. The van der Waals surface area contributed by atoms with Gasteiger partial charge in [-0.1, -0.05) is 6.92 Å². The first kappa shape index (κ1) is 15.3. The SMILES string of the molecule is CCS(=O)(=O)c1ccc(O)c(NC(=O)C(F)(F)F)c1. The summed E-state index contributed by atoms with van der Waals surface area (Å²) in [6, 6.07) is 2.71. The fraction of sp³-hybridized carbons (Fsp3) is 0.300. The molecule has 0 fully saturated rings. The van der Waals surface area contributed by atoms with Gasteiger partial charge in [0.05, 0.1) is 16.3 Å². The van der Waals surface area contributed by atoms with Gasteiger partial charge >= 0.3 is 12.1 Å². The second-order valence-corrected chi connectivity index (χ2v) is 5.81. The maximum atomic E-state index is 12.1. The van der Waals surface area contributed by atoms with Crippen LogP contribution in [0.15, 0.2) is 23.1 Å². The summed E-state index contributed by atoms with van der Waals surface area (Å²) in [7, 11) is -3.65. The number of anilines is 1. The van der Waals surface area contributed by atoms with Gasteiger partial charge in [-0.3, -0.25) is 4.79 Å². The van der Waals surface area contributed by atoms with Crippen molar-refractivity contribution in [3.05, 3.63) is 18.2 Å². The molecule has 0 saturated heterocycles. The number of amides is 1. The standard InChI is InChI=1S/C10H10F3NO4S/c1-2-19(17,18)6-3-4-8(15)7(5-6)14-9(16)10(11,12)13/h3-5,15H,2H2,1H3,(H,14,16). The van der Waals surface area contributed by atoms with Gasteiger partial charge in [0, 0.05) is 0 Å². The number of phenols is 1. The summed E-state index contributed by atoms with van der Waals surface area (Å²) in [6.07, 6.45) is -5.13. The second kappa shape index (κ2) is 5.08. The molecular formula is C10H10F3NO4S. The van der Waals surface area contributed by atoms with Gasteiger partial charge in [0.2, 0.25) is 0 Å². The lowest BCUT2D eigenvalue weighted by molar-refractivity contribution is -0.167. The molecule has 1 rings (SSSR count). The molecule has 1 aromatic rings. The number of phenolic OH excluding ortho intramolecular Hbond substituents is 1. The van der Waals surface area contributed by atoms with Gasteiger partial charge in [0.25, 0.3) is 0 Å². The molecule has 0 heterocycles. The van der Waals surface area contributed by atoms with Crippen LogP contribution < -0.4 is 5.32 Å². The molecular weight excluding hydrogens is 287 g/mol. The first-order chi connectivity index (χ1) is 8.58. The summed E-state index contributed by atoms with van der Waals surface area (Å²) in [5.41, 5.74) is -0.614. The van der Waals surface area contributed by atoms with Gasteiger partial charge in [0.15, 0.2) is 9.84 Å². The third-order valence-corrected chi connectivity index (χ3v) is 3.95. The van der Waals surface area contributed by atoms with Gasteiger partial charge in [-0.2, -0.15) is 13.2 Å². The lowest BCUT2D eigenvalue weighted by Crippen LogP contribution is -2.30. The molecule has 9 heteroatoms. The monoisotopic (exact) mass is 297 g/mol. The van der Waals surface area contributed by atoms with Crippen molar-refractivity contribution in [2.24, 2.45) is 0 Å². The average Bonchev–Trinajstić information content (AvgIpc) is 2.30. The molecule has 0 atom stereocenters. The van der Waals surface area contributed by atoms with Gasteiger partial charge in [-0.15, -0.1) is 0 Å². The van der Waals surface area contributed by atoms with E-state index in [1.54, 1.807) is 0 Å². The highest BCUT2D eigenvalue weighted by Crippen LogP contribution is 2.28. The quantitative estimate of drug-likeness (QED) is 0.832. The zero-order valence-electron chi connectivity index (χ0n) is 9.65. The maximum Gasteiger partial charge on any atom is 0.471 e. The van der Waals surface area contributed by atoms with Crippen LogP contribution in [0.25, 0.3) is 0 Å². The number of hydrogen-bond donors (Lipinski definition) is 2. The normalized spacial score (nSPS) is 12.2. The average molecular weight is 297 g/mol. The maximum absolute atomic E-state index is 12.1. The predicted molar refractivity (Wildman–Crippen MR) is 60.5 cm³/mol. The Bertz CT molecular complexity index is 595. The number of hydrogen-bond acceptors (Lipinski definition) is 4. The molecule has 0 aliphatic heterocycles. The van der Waals surface area contributed by atoms with Crippen LogP contribution in [-0.2, 0) is 14.6 Å². The van der Waals surface area contributed by atoms with Crippen molar-refractivity contribution in [3.63, 3.8) is 0 Å². The van der Waals surface area contributed by atoms with Crippen molar-refractivity contribution in [2.45, 2.75) is 18.0 Å². The summed E-state index contributed by atoms with van der Waals surface area (Å²) in [5.74, 6) is -3.22. The van der Waals surface area contributed by atoms with E-state index in [9.17, 15) is 31.5 Å². The van der Waals surface area contributed by atoms with Crippen LogP contribution in [0.5, 0.6) is 5.75 Å². The fourth-order valence-electron chi connectivity index (χ4n) is 1.17. The van der Waals surface area contributed by atoms with Crippen molar-refractivity contribution in [1.29, 1.82) is 0 Å². The Labute approximate surface area is 107 Å². The van der Waals surface area contributed by atoms with E-state index in [4.69, 9.17) is 0 Å². The number of halogens is 3. The number of nitrogens with one attached hydrogen (secondary N) is 1. The molecule has 0 unspecified atom stereocenters. The van der Waals surface area contributed by atoms with Crippen molar-refractivity contribution in [2.75, 3.05) is 11.1 Å². The Morgan fingerprint density at radius 2 is 1.95 bits per heavy atom. The molecule has 0 bridgehead atoms. The number of carbonyl (C=O) groups is 1. The Kier molecular flexibility index (Phi) is 4.09. The van der Waals surface area contributed by atoms with Crippen LogP contribution in [0, 0.1) is 0 Å². The highest BCUT2D eigenvalue weighted by molar-refractivity contribution is 7.91. The van der Waals surface area contributed by atoms with Crippen LogP contribution in [0.4, 0.5) is 18.9 Å². The molecule has 1 aromatic carbocycles. The highest BCUT2D eigenvalue weighted by Gasteiger charge is 2.39. The first-order valence-electron chi connectivity index (χ1n) is 5.02. The van der Waals surface area contributed by atoms with Gasteiger partial charge in [0.1, 0.15) is 5.75 Å². The minimum Gasteiger partial charge on any atom is -0.506 e.